The molecule has 1 aliphatic rings. The molecule has 0 aromatic carbocycles. The zero-order valence-corrected chi connectivity index (χ0v) is 13.3. The van der Waals surface area contributed by atoms with Gasteiger partial charge < -0.3 is 14.2 Å². The van der Waals surface area contributed by atoms with Gasteiger partial charge in [0.05, 0.1) is 12.5 Å². The van der Waals surface area contributed by atoms with Gasteiger partial charge in [-0.3, -0.25) is 4.79 Å². The minimum Gasteiger partial charge on any atom is -0.367 e. The molecular weight excluding hydrogens is 302 g/mol. The number of likely N-dealkylation sites (tertiary alicyclic amines) is 1. The standard InChI is InChI=1S/C15H19N3O3S/c1-11-16-14(21-17-11)9-20-13-3-2-5-18(8-13)15(19)7-12-4-6-22-10-12/h4,6,10,13H,2-3,5,7-9H2,1H3/t13-/m0/s1. The largest absolute Gasteiger partial charge is 0.367 e. The van der Waals surface area contributed by atoms with Gasteiger partial charge in [-0.15, -0.1) is 0 Å². The van der Waals surface area contributed by atoms with Crippen molar-refractivity contribution < 1.29 is 14.1 Å². The summed E-state index contributed by atoms with van der Waals surface area (Å²) >= 11 is 1.62. The minimum atomic E-state index is 0.0346. The number of ether oxygens (including phenoxy) is 1. The average Bonchev–Trinajstić information content (AvgIpc) is 3.17. The van der Waals surface area contributed by atoms with Crippen molar-refractivity contribution in [3.05, 3.63) is 34.1 Å². The predicted molar refractivity (Wildman–Crippen MR) is 81.4 cm³/mol. The van der Waals surface area contributed by atoms with Gasteiger partial charge in [0.2, 0.25) is 5.91 Å². The first-order valence-electron chi connectivity index (χ1n) is 7.40. The normalized spacial score (nSPS) is 18.6. The Balaban J connectivity index is 1.49. The molecule has 1 fully saturated rings. The highest BCUT2D eigenvalue weighted by atomic mass is 32.1. The lowest BCUT2D eigenvalue weighted by Crippen LogP contribution is -2.43. The van der Waals surface area contributed by atoms with Gasteiger partial charge in [0, 0.05) is 13.1 Å². The molecule has 1 saturated heterocycles. The monoisotopic (exact) mass is 321 g/mol. The van der Waals surface area contributed by atoms with Gasteiger partial charge in [0.1, 0.15) is 6.61 Å². The molecule has 2 aromatic rings. The van der Waals surface area contributed by atoms with Crippen molar-refractivity contribution >= 4 is 17.2 Å². The number of aromatic nitrogens is 2. The second kappa shape index (κ2) is 7.02. The summed E-state index contributed by atoms with van der Waals surface area (Å²) in [5, 5.41) is 7.75. The Morgan fingerprint density at radius 3 is 3.23 bits per heavy atom. The van der Waals surface area contributed by atoms with E-state index in [1.807, 2.05) is 21.7 Å². The van der Waals surface area contributed by atoms with Crippen molar-refractivity contribution in [2.75, 3.05) is 13.1 Å². The maximum absolute atomic E-state index is 12.3. The van der Waals surface area contributed by atoms with Gasteiger partial charge in [0.15, 0.2) is 5.82 Å². The first-order valence-corrected chi connectivity index (χ1v) is 8.34. The van der Waals surface area contributed by atoms with Gasteiger partial charge in [-0.25, -0.2) is 0 Å². The highest BCUT2D eigenvalue weighted by Crippen LogP contribution is 2.17. The summed E-state index contributed by atoms with van der Waals surface area (Å²) in [7, 11) is 0. The van der Waals surface area contributed by atoms with Crippen molar-refractivity contribution in [3.63, 3.8) is 0 Å². The number of amides is 1. The summed E-state index contributed by atoms with van der Waals surface area (Å²) < 4.78 is 10.8. The van der Waals surface area contributed by atoms with Crippen molar-refractivity contribution in [1.82, 2.24) is 15.0 Å². The fourth-order valence-electron chi connectivity index (χ4n) is 2.57. The SMILES string of the molecule is Cc1noc(CO[C@H]2CCCN(C(=O)Cc3ccsc3)C2)n1. The number of nitrogens with zero attached hydrogens (tertiary/aromatic N) is 3. The Bertz CT molecular complexity index is 611. The number of aryl methyl sites for hydroxylation is 1. The van der Waals surface area contributed by atoms with Crippen LogP contribution in [0.4, 0.5) is 0 Å². The summed E-state index contributed by atoms with van der Waals surface area (Å²) in [4.78, 5) is 18.3. The first kappa shape index (κ1) is 15.2. The summed E-state index contributed by atoms with van der Waals surface area (Å²) in [5.41, 5.74) is 1.08. The molecule has 118 valence electrons. The molecule has 0 spiro atoms. The fourth-order valence-corrected chi connectivity index (χ4v) is 3.24. The number of piperidine rings is 1. The highest BCUT2D eigenvalue weighted by Gasteiger charge is 2.24. The number of carbonyl (C=O) groups excluding carboxylic acids is 1. The van der Waals surface area contributed by atoms with E-state index >= 15 is 0 Å². The zero-order valence-electron chi connectivity index (χ0n) is 12.5. The molecule has 0 aliphatic carbocycles. The lowest BCUT2D eigenvalue weighted by Gasteiger charge is -2.32. The molecule has 1 atom stereocenters. The lowest BCUT2D eigenvalue weighted by molar-refractivity contribution is -0.135. The number of thiophene rings is 1. The van der Waals surface area contributed by atoms with E-state index in [1.165, 1.54) is 0 Å². The van der Waals surface area contributed by atoms with Crippen molar-refractivity contribution in [1.29, 1.82) is 0 Å². The Morgan fingerprint density at radius 2 is 2.50 bits per heavy atom. The van der Waals surface area contributed by atoms with Crippen LogP contribution in [0, 0.1) is 6.92 Å². The number of carbonyl (C=O) groups is 1. The zero-order chi connectivity index (χ0) is 15.4. The second-order valence-electron chi connectivity index (χ2n) is 5.46. The molecular formula is C15H19N3O3S. The van der Waals surface area contributed by atoms with E-state index in [9.17, 15) is 4.79 Å². The number of hydrogen-bond acceptors (Lipinski definition) is 6. The van der Waals surface area contributed by atoms with Crippen LogP contribution in [0.25, 0.3) is 0 Å². The Labute approximate surface area is 133 Å². The molecule has 1 amide bonds. The third kappa shape index (κ3) is 3.92. The van der Waals surface area contributed by atoms with Gasteiger partial charge in [-0.05, 0) is 42.2 Å². The Morgan fingerprint density at radius 1 is 1.59 bits per heavy atom. The van der Waals surface area contributed by atoms with Gasteiger partial charge in [-0.2, -0.15) is 16.3 Å². The highest BCUT2D eigenvalue weighted by molar-refractivity contribution is 7.07. The average molecular weight is 321 g/mol. The van der Waals surface area contributed by atoms with E-state index in [1.54, 1.807) is 18.3 Å². The van der Waals surface area contributed by atoms with Crippen LogP contribution < -0.4 is 0 Å². The van der Waals surface area contributed by atoms with Gasteiger partial charge in [-0.1, -0.05) is 5.16 Å². The van der Waals surface area contributed by atoms with Crippen LogP contribution in [0.15, 0.2) is 21.3 Å². The molecule has 7 heteroatoms. The molecule has 3 rings (SSSR count). The third-order valence-electron chi connectivity index (χ3n) is 3.68. The molecule has 0 bridgehead atoms. The maximum Gasteiger partial charge on any atom is 0.252 e. The number of hydrogen-bond donors (Lipinski definition) is 0. The second-order valence-corrected chi connectivity index (χ2v) is 6.24. The summed E-state index contributed by atoms with van der Waals surface area (Å²) in [6.45, 7) is 3.52. The smallest absolute Gasteiger partial charge is 0.252 e. The van der Waals surface area contributed by atoms with E-state index in [0.29, 0.717) is 31.3 Å². The van der Waals surface area contributed by atoms with Crippen LogP contribution in [0.2, 0.25) is 0 Å². The Hall–Kier alpha value is -1.73. The third-order valence-corrected chi connectivity index (χ3v) is 4.41. The topological polar surface area (TPSA) is 68.5 Å². The van der Waals surface area contributed by atoms with Gasteiger partial charge in [0.25, 0.3) is 5.89 Å². The molecule has 0 unspecified atom stereocenters. The molecule has 22 heavy (non-hydrogen) atoms. The summed E-state index contributed by atoms with van der Waals surface area (Å²) in [5.74, 6) is 1.26. The van der Waals surface area contributed by atoms with E-state index in [0.717, 1.165) is 24.9 Å². The number of rotatable bonds is 5. The molecule has 3 heterocycles. The maximum atomic E-state index is 12.3. The fraction of sp³-hybridized carbons (Fsp3) is 0.533. The first-order chi connectivity index (χ1) is 10.7. The summed E-state index contributed by atoms with van der Waals surface area (Å²) in [6, 6.07) is 2.00. The molecule has 0 saturated carbocycles. The van der Waals surface area contributed by atoms with Crippen LogP contribution >= 0.6 is 11.3 Å². The molecule has 0 N–H and O–H groups in total. The van der Waals surface area contributed by atoms with Crippen LogP contribution in [-0.2, 0) is 22.6 Å². The van der Waals surface area contributed by atoms with Crippen LogP contribution in [0.1, 0.15) is 30.1 Å². The van der Waals surface area contributed by atoms with Crippen molar-refractivity contribution in [3.8, 4) is 0 Å². The van der Waals surface area contributed by atoms with Crippen LogP contribution in [0.3, 0.4) is 0 Å². The van der Waals surface area contributed by atoms with Crippen LogP contribution in [-0.4, -0.2) is 40.1 Å². The van der Waals surface area contributed by atoms with Crippen LogP contribution in [0.5, 0.6) is 0 Å². The quantitative estimate of drug-likeness (QED) is 0.844. The summed E-state index contributed by atoms with van der Waals surface area (Å²) in [6.07, 6.45) is 2.42. The lowest BCUT2D eigenvalue weighted by atomic mass is 10.1. The van der Waals surface area contributed by atoms with Crippen molar-refractivity contribution in [2.24, 2.45) is 0 Å². The molecule has 1 aliphatic heterocycles. The van der Waals surface area contributed by atoms with E-state index in [4.69, 9.17) is 9.26 Å². The van der Waals surface area contributed by atoms with E-state index < -0.39 is 0 Å². The minimum absolute atomic E-state index is 0.0346. The molecule has 2 aromatic heterocycles. The van der Waals surface area contributed by atoms with E-state index in [2.05, 4.69) is 10.1 Å². The predicted octanol–water partition coefficient (Wildman–Crippen LogP) is 2.19. The Kier molecular flexibility index (Phi) is 4.84. The van der Waals surface area contributed by atoms with Crippen molar-refractivity contribution in [2.45, 2.75) is 38.9 Å². The molecule has 6 nitrogen and oxygen atoms in total. The molecule has 0 radical (unpaired) electrons. The van der Waals surface area contributed by atoms with Gasteiger partial charge >= 0.3 is 0 Å². The van der Waals surface area contributed by atoms with E-state index in [-0.39, 0.29) is 12.0 Å².